The van der Waals surface area contributed by atoms with E-state index in [0.29, 0.717) is 0 Å². The van der Waals surface area contributed by atoms with Crippen LogP contribution in [0, 0.1) is 5.92 Å². The van der Waals surface area contributed by atoms with Gasteiger partial charge in [-0.3, -0.25) is 4.79 Å². The monoisotopic (exact) mass is 269 g/mol. The van der Waals surface area contributed by atoms with E-state index in [4.69, 9.17) is 4.74 Å². The van der Waals surface area contributed by atoms with Gasteiger partial charge in [-0.2, -0.15) is 0 Å². The Balaban J connectivity index is 1.93. The minimum Gasteiger partial charge on any atom is -0.497 e. The number of ether oxygens (including phenoxy) is 1. The van der Waals surface area contributed by atoms with Gasteiger partial charge in [-0.25, -0.2) is 0 Å². The Morgan fingerprint density at radius 2 is 1.75 bits per heavy atom. The van der Waals surface area contributed by atoms with E-state index in [9.17, 15) is 4.79 Å². The van der Waals surface area contributed by atoms with E-state index in [1.165, 1.54) is 5.56 Å². The number of benzene rings is 2. The Labute approximate surface area is 119 Å². The summed E-state index contributed by atoms with van der Waals surface area (Å²) in [5.41, 5.74) is 1.96. The molecule has 0 aliphatic rings. The average molecular weight is 269 g/mol. The van der Waals surface area contributed by atoms with Crippen molar-refractivity contribution >= 4 is 11.6 Å². The first-order valence-electron chi connectivity index (χ1n) is 6.68. The molecule has 0 heterocycles. The predicted molar refractivity (Wildman–Crippen MR) is 80.9 cm³/mol. The van der Waals surface area contributed by atoms with E-state index in [0.717, 1.165) is 17.9 Å². The van der Waals surface area contributed by atoms with Crippen LogP contribution >= 0.6 is 0 Å². The minimum atomic E-state index is -0.0699. The first-order chi connectivity index (χ1) is 9.69. The topological polar surface area (TPSA) is 38.3 Å². The van der Waals surface area contributed by atoms with Gasteiger partial charge in [0.25, 0.3) is 0 Å². The molecule has 20 heavy (non-hydrogen) atoms. The zero-order chi connectivity index (χ0) is 14.4. The number of hydrogen-bond donors (Lipinski definition) is 1. The Kier molecular flexibility index (Phi) is 4.77. The summed E-state index contributed by atoms with van der Waals surface area (Å²) in [5.74, 6) is 0.735. The standard InChI is InChI=1S/C17H19NO2/c1-13(12-14-6-4-3-5-7-14)17(19)18-15-8-10-16(20-2)11-9-15/h3-11,13H,12H2,1-2H3,(H,18,19)/t13-/m1/s1. The molecule has 0 aromatic heterocycles. The second kappa shape index (κ2) is 6.75. The lowest BCUT2D eigenvalue weighted by molar-refractivity contribution is -0.119. The third-order valence-electron chi connectivity index (χ3n) is 3.19. The molecule has 3 heteroatoms. The van der Waals surface area contributed by atoms with Gasteiger partial charge in [0.1, 0.15) is 5.75 Å². The maximum absolute atomic E-state index is 12.1. The van der Waals surface area contributed by atoms with Crippen molar-refractivity contribution in [1.29, 1.82) is 0 Å². The molecule has 2 aromatic rings. The van der Waals surface area contributed by atoms with Gasteiger partial charge in [0.2, 0.25) is 5.91 Å². The molecule has 0 fully saturated rings. The van der Waals surface area contributed by atoms with Crippen molar-refractivity contribution in [3.8, 4) is 5.75 Å². The molecule has 2 rings (SSSR count). The smallest absolute Gasteiger partial charge is 0.227 e. The lowest BCUT2D eigenvalue weighted by Gasteiger charge is -2.12. The van der Waals surface area contributed by atoms with Crippen molar-refractivity contribution in [3.05, 3.63) is 60.2 Å². The number of carbonyl (C=O) groups excluding carboxylic acids is 1. The van der Waals surface area contributed by atoms with Gasteiger partial charge < -0.3 is 10.1 Å². The molecule has 0 aliphatic heterocycles. The Morgan fingerprint density at radius 3 is 2.35 bits per heavy atom. The van der Waals surface area contributed by atoms with Crippen LogP contribution in [-0.4, -0.2) is 13.0 Å². The van der Waals surface area contributed by atoms with Gasteiger partial charge in [-0.15, -0.1) is 0 Å². The number of carbonyl (C=O) groups is 1. The first kappa shape index (κ1) is 14.1. The molecule has 104 valence electrons. The zero-order valence-electron chi connectivity index (χ0n) is 11.8. The van der Waals surface area contributed by atoms with Crippen LogP contribution in [0.15, 0.2) is 54.6 Å². The SMILES string of the molecule is COc1ccc(NC(=O)[C@H](C)Cc2ccccc2)cc1. The van der Waals surface area contributed by atoms with Crippen molar-refractivity contribution < 1.29 is 9.53 Å². The lowest BCUT2D eigenvalue weighted by Crippen LogP contribution is -2.22. The minimum absolute atomic E-state index is 0.0269. The van der Waals surface area contributed by atoms with Gasteiger partial charge in [0.15, 0.2) is 0 Å². The van der Waals surface area contributed by atoms with Crippen LogP contribution in [0.5, 0.6) is 5.75 Å². The highest BCUT2D eigenvalue weighted by atomic mass is 16.5. The molecule has 0 saturated heterocycles. The van der Waals surface area contributed by atoms with Crippen LogP contribution in [0.25, 0.3) is 0 Å². The Hall–Kier alpha value is -2.29. The van der Waals surface area contributed by atoms with Gasteiger partial charge in [-0.05, 0) is 36.2 Å². The summed E-state index contributed by atoms with van der Waals surface area (Å²) in [5, 5.41) is 2.92. The van der Waals surface area contributed by atoms with E-state index in [1.54, 1.807) is 7.11 Å². The van der Waals surface area contributed by atoms with Gasteiger partial charge >= 0.3 is 0 Å². The molecule has 1 atom stereocenters. The van der Waals surface area contributed by atoms with Gasteiger partial charge in [0.05, 0.1) is 7.11 Å². The number of amides is 1. The van der Waals surface area contributed by atoms with E-state index < -0.39 is 0 Å². The highest BCUT2D eigenvalue weighted by Crippen LogP contribution is 2.16. The summed E-state index contributed by atoms with van der Waals surface area (Å²) < 4.78 is 5.09. The first-order valence-corrected chi connectivity index (χ1v) is 6.68. The number of rotatable bonds is 5. The summed E-state index contributed by atoms with van der Waals surface area (Å²) in [6.07, 6.45) is 0.739. The molecule has 0 aliphatic carbocycles. The number of anilines is 1. The van der Waals surface area contributed by atoms with Crippen molar-refractivity contribution in [1.82, 2.24) is 0 Å². The van der Waals surface area contributed by atoms with Crippen LogP contribution in [0.2, 0.25) is 0 Å². The third kappa shape index (κ3) is 3.85. The fraction of sp³-hybridized carbons (Fsp3) is 0.235. The van der Waals surface area contributed by atoms with Crippen molar-refractivity contribution in [3.63, 3.8) is 0 Å². The van der Waals surface area contributed by atoms with Crippen LogP contribution in [0.3, 0.4) is 0 Å². The van der Waals surface area contributed by atoms with Crippen molar-refractivity contribution in [2.24, 2.45) is 5.92 Å². The summed E-state index contributed by atoms with van der Waals surface area (Å²) >= 11 is 0. The summed E-state index contributed by atoms with van der Waals surface area (Å²) in [6.45, 7) is 1.94. The maximum atomic E-state index is 12.1. The molecule has 0 unspecified atom stereocenters. The number of nitrogens with one attached hydrogen (secondary N) is 1. The normalized spacial score (nSPS) is 11.7. The maximum Gasteiger partial charge on any atom is 0.227 e. The van der Waals surface area contributed by atoms with Crippen molar-refractivity contribution in [2.75, 3.05) is 12.4 Å². The molecule has 0 radical (unpaired) electrons. The fourth-order valence-corrected chi connectivity index (χ4v) is 2.00. The predicted octanol–water partition coefficient (Wildman–Crippen LogP) is 3.51. The lowest BCUT2D eigenvalue weighted by atomic mass is 10.0. The summed E-state index contributed by atoms with van der Waals surface area (Å²) in [6, 6.07) is 17.4. The fourth-order valence-electron chi connectivity index (χ4n) is 2.00. The van der Waals surface area contributed by atoms with Gasteiger partial charge in [-0.1, -0.05) is 37.3 Å². The molecule has 1 N–H and O–H groups in total. The van der Waals surface area contributed by atoms with Gasteiger partial charge in [0, 0.05) is 11.6 Å². The highest BCUT2D eigenvalue weighted by Gasteiger charge is 2.13. The van der Waals surface area contributed by atoms with Crippen LogP contribution in [0.4, 0.5) is 5.69 Å². The second-order valence-corrected chi connectivity index (χ2v) is 4.81. The second-order valence-electron chi connectivity index (χ2n) is 4.81. The van der Waals surface area contributed by atoms with E-state index in [-0.39, 0.29) is 11.8 Å². The zero-order valence-corrected chi connectivity index (χ0v) is 11.8. The Morgan fingerprint density at radius 1 is 1.10 bits per heavy atom. The van der Waals surface area contributed by atoms with E-state index in [2.05, 4.69) is 5.32 Å². The quantitative estimate of drug-likeness (QED) is 0.902. The molecular formula is C17H19NO2. The van der Waals surface area contributed by atoms with Crippen LogP contribution in [0.1, 0.15) is 12.5 Å². The summed E-state index contributed by atoms with van der Waals surface area (Å²) in [4.78, 5) is 12.1. The molecular weight excluding hydrogens is 250 g/mol. The third-order valence-corrected chi connectivity index (χ3v) is 3.19. The molecule has 0 bridgehead atoms. The van der Waals surface area contributed by atoms with Crippen molar-refractivity contribution in [2.45, 2.75) is 13.3 Å². The van der Waals surface area contributed by atoms with E-state index in [1.807, 2.05) is 61.5 Å². The molecule has 3 nitrogen and oxygen atoms in total. The molecule has 1 amide bonds. The number of hydrogen-bond acceptors (Lipinski definition) is 2. The molecule has 0 saturated carbocycles. The molecule has 0 spiro atoms. The molecule has 2 aromatic carbocycles. The van der Waals surface area contributed by atoms with E-state index >= 15 is 0 Å². The average Bonchev–Trinajstić information content (AvgIpc) is 2.49. The largest absolute Gasteiger partial charge is 0.497 e. The highest BCUT2D eigenvalue weighted by molar-refractivity contribution is 5.92. The summed E-state index contributed by atoms with van der Waals surface area (Å²) in [7, 11) is 1.62. The van der Waals surface area contributed by atoms with Crippen LogP contribution in [-0.2, 0) is 11.2 Å². The number of methoxy groups -OCH3 is 1. The van der Waals surface area contributed by atoms with Crippen LogP contribution < -0.4 is 10.1 Å². The Bertz CT molecular complexity index is 549.